The molecule has 0 amide bonds. The summed E-state index contributed by atoms with van der Waals surface area (Å²) >= 11 is 0. The number of hydrogen-bond donors (Lipinski definition) is 0. The van der Waals surface area contributed by atoms with Gasteiger partial charge in [0, 0.05) is 6.07 Å². The second-order valence-corrected chi connectivity index (χ2v) is 18.9. The normalized spacial score (nSPS) is 11.3. The molecule has 10 aromatic rings. The summed E-state index contributed by atoms with van der Waals surface area (Å²) in [6, 6.07) is 78.7. The van der Waals surface area contributed by atoms with Gasteiger partial charge in [-0.3, -0.25) is 0 Å². The Morgan fingerprint density at radius 1 is 0.320 bits per heavy atom. The fourth-order valence-corrected chi connectivity index (χ4v) is 9.22. The molecule has 0 heterocycles. The van der Waals surface area contributed by atoms with Crippen LogP contribution in [0.1, 0.15) is 41.7 Å². The lowest BCUT2D eigenvalue weighted by molar-refractivity contribution is 0.428. The average Bonchev–Trinajstić information content (AvgIpc) is 3.41. The van der Waals surface area contributed by atoms with Gasteiger partial charge in [-0.15, -0.1) is 0 Å². The summed E-state index contributed by atoms with van der Waals surface area (Å²) in [7, 11) is 0. The van der Waals surface area contributed by atoms with Crippen molar-refractivity contribution in [1.29, 1.82) is 0 Å². The van der Waals surface area contributed by atoms with Gasteiger partial charge in [-0.05, 0) is 229 Å². The molecule has 75 heavy (non-hydrogen) atoms. The predicted molar refractivity (Wildman–Crippen MR) is 307 cm³/mol. The zero-order valence-corrected chi connectivity index (χ0v) is 42.9. The molecule has 368 valence electrons. The van der Waals surface area contributed by atoms with E-state index in [4.69, 9.17) is 23.7 Å². The number of allylic oxidation sites excluding steroid dienone is 4. The van der Waals surface area contributed by atoms with E-state index >= 15 is 0 Å². The fourth-order valence-electron chi connectivity index (χ4n) is 9.22. The first kappa shape index (κ1) is 49.3. The lowest BCUT2D eigenvalue weighted by Gasteiger charge is -2.17. The van der Waals surface area contributed by atoms with E-state index in [1.807, 2.05) is 159 Å². The van der Waals surface area contributed by atoms with Gasteiger partial charge in [0.15, 0.2) is 0 Å². The highest BCUT2D eigenvalue weighted by Crippen LogP contribution is 2.40. The van der Waals surface area contributed by atoms with Crippen LogP contribution in [0.3, 0.4) is 0 Å². The van der Waals surface area contributed by atoms with Gasteiger partial charge in [-0.25, -0.2) is 0 Å². The van der Waals surface area contributed by atoms with Crippen molar-refractivity contribution in [3.63, 3.8) is 0 Å². The summed E-state index contributed by atoms with van der Waals surface area (Å²) in [5, 5.41) is 0. The van der Waals surface area contributed by atoms with Gasteiger partial charge in [0.2, 0.25) is 0 Å². The molecular weight excluding hydrogens is 921 g/mol. The number of benzene rings is 10. The second-order valence-electron chi connectivity index (χ2n) is 18.9. The zero-order valence-electron chi connectivity index (χ0n) is 42.9. The van der Waals surface area contributed by atoms with Crippen molar-refractivity contribution in [2.24, 2.45) is 0 Å². The Hall–Kier alpha value is -9.32. The Balaban J connectivity index is 1.12. The molecule has 0 fully saturated rings. The van der Waals surface area contributed by atoms with Crippen molar-refractivity contribution < 1.29 is 23.7 Å². The minimum Gasteiger partial charge on any atom is -0.462 e. The average molecular weight is 979 g/mol. The van der Waals surface area contributed by atoms with Gasteiger partial charge in [0.25, 0.3) is 0 Å². The van der Waals surface area contributed by atoms with Crippen molar-refractivity contribution in [2.75, 3.05) is 0 Å². The predicted octanol–water partition coefficient (Wildman–Crippen LogP) is 19.9. The topological polar surface area (TPSA) is 46.2 Å². The van der Waals surface area contributed by atoms with E-state index in [1.54, 1.807) is 0 Å². The number of ether oxygens (including phenoxy) is 5. The zero-order chi connectivity index (χ0) is 51.5. The molecule has 5 nitrogen and oxygen atoms in total. The van der Waals surface area contributed by atoms with Crippen LogP contribution < -0.4 is 23.7 Å². The lowest BCUT2D eigenvalue weighted by atomic mass is 9.90. The van der Waals surface area contributed by atoms with Crippen LogP contribution in [0.15, 0.2) is 255 Å². The van der Waals surface area contributed by atoms with E-state index in [0.717, 1.165) is 118 Å². The second kappa shape index (κ2) is 23.0. The highest BCUT2D eigenvalue weighted by Gasteiger charge is 2.16. The number of aryl methyl sites for hydroxylation is 3. The van der Waals surface area contributed by atoms with Crippen molar-refractivity contribution in [3.05, 3.63) is 282 Å². The van der Waals surface area contributed by atoms with Gasteiger partial charge < -0.3 is 23.7 Å². The molecule has 0 atom stereocenters. The third-order valence-electron chi connectivity index (χ3n) is 12.5. The lowest BCUT2D eigenvalue weighted by Crippen LogP contribution is -1.96. The molecule has 0 aromatic heterocycles. The van der Waals surface area contributed by atoms with Crippen LogP contribution in [0.2, 0.25) is 0 Å². The molecule has 0 aliphatic heterocycles. The Morgan fingerprint density at radius 3 is 0.960 bits per heavy atom. The van der Waals surface area contributed by atoms with E-state index in [2.05, 4.69) is 124 Å². The van der Waals surface area contributed by atoms with Crippen molar-refractivity contribution >= 4 is 0 Å². The first-order chi connectivity index (χ1) is 36.6. The van der Waals surface area contributed by atoms with Crippen LogP contribution in [0, 0.1) is 20.8 Å². The van der Waals surface area contributed by atoms with Gasteiger partial charge in [0.1, 0.15) is 57.5 Å². The Bertz CT molecular complexity index is 3470. The van der Waals surface area contributed by atoms with E-state index < -0.39 is 0 Å². The summed E-state index contributed by atoms with van der Waals surface area (Å²) in [4.78, 5) is 0. The molecule has 5 heteroatoms. The van der Waals surface area contributed by atoms with Crippen LogP contribution >= 0.6 is 0 Å². The highest BCUT2D eigenvalue weighted by molar-refractivity contribution is 5.79. The molecule has 0 bridgehead atoms. The van der Waals surface area contributed by atoms with Crippen LogP contribution in [0.4, 0.5) is 0 Å². The number of para-hydroxylation sites is 4. The standard InChI is InChI=1S/C70H58O5/c1-6-7-20-51(5)71-66-32-48(2)29-54(42-66)59-38-53(39-60(41-59)61-45-69(74-64-25-16-10-17-26-64)47-70(46-61)75-65-27-18-11-19-28-65)35-52-36-57(55-30-49(3)33-67(43-55)72-62-21-12-8-13-22-62)40-58(37-52)56-31-50(4)34-68(44-56)73-63-23-14-9-15-24-63/h6-34,36-47H,35H2,1-5H3/b7-6-,51-20+. The van der Waals surface area contributed by atoms with Crippen LogP contribution in [0.5, 0.6) is 51.7 Å². The van der Waals surface area contributed by atoms with E-state index in [-0.39, 0.29) is 0 Å². The summed E-state index contributed by atoms with van der Waals surface area (Å²) < 4.78 is 32.4. The summed E-state index contributed by atoms with van der Waals surface area (Å²) in [5.74, 6) is 7.48. The highest BCUT2D eigenvalue weighted by atomic mass is 16.5. The number of hydrogen-bond acceptors (Lipinski definition) is 5. The molecular formula is C70H58O5. The molecule has 0 N–H and O–H groups in total. The maximum Gasteiger partial charge on any atom is 0.131 e. The molecule has 0 aliphatic carbocycles. The summed E-state index contributed by atoms with van der Waals surface area (Å²) in [6.45, 7) is 10.3. The van der Waals surface area contributed by atoms with E-state index in [9.17, 15) is 0 Å². The van der Waals surface area contributed by atoms with Gasteiger partial charge in [0.05, 0.1) is 0 Å². The van der Waals surface area contributed by atoms with Crippen LogP contribution in [-0.4, -0.2) is 0 Å². The summed E-state index contributed by atoms with van der Waals surface area (Å²) in [5.41, 5.74) is 13.8. The SMILES string of the molecule is C/C=C\C=C(/C)Oc1cc(C)cc(-c2cc(Cc3cc(-c4cc(C)cc(Oc5ccccc5)c4)cc(-c4cc(C)cc(Oc5ccccc5)c4)c3)cc(-c3cc(Oc4ccccc4)cc(Oc4ccccc4)c3)c2)c1. The molecule has 0 spiro atoms. The summed E-state index contributed by atoms with van der Waals surface area (Å²) in [6.07, 6.45) is 6.58. The molecule has 0 aliphatic rings. The van der Waals surface area contributed by atoms with Crippen LogP contribution in [-0.2, 0) is 6.42 Å². The smallest absolute Gasteiger partial charge is 0.131 e. The van der Waals surface area contributed by atoms with Crippen molar-refractivity contribution in [1.82, 2.24) is 0 Å². The largest absolute Gasteiger partial charge is 0.462 e. The Morgan fingerprint density at radius 2 is 0.613 bits per heavy atom. The first-order valence-electron chi connectivity index (χ1n) is 25.3. The maximum absolute atomic E-state index is 6.54. The minimum atomic E-state index is 0.619. The van der Waals surface area contributed by atoms with Crippen molar-refractivity contribution in [3.8, 4) is 96.3 Å². The van der Waals surface area contributed by atoms with Crippen molar-refractivity contribution in [2.45, 2.75) is 41.0 Å². The van der Waals surface area contributed by atoms with Gasteiger partial charge in [-0.2, -0.15) is 0 Å². The molecule has 0 saturated carbocycles. The van der Waals surface area contributed by atoms with E-state index in [1.165, 1.54) is 0 Å². The van der Waals surface area contributed by atoms with Gasteiger partial charge >= 0.3 is 0 Å². The monoisotopic (exact) mass is 978 g/mol. The number of rotatable bonds is 17. The minimum absolute atomic E-state index is 0.619. The molecule has 0 unspecified atom stereocenters. The third kappa shape index (κ3) is 13.2. The third-order valence-corrected chi connectivity index (χ3v) is 12.5. The van der Waals surface area contributed by atoms with E-state index in [0.29, 0.717) is 17.9 Å². The Labute approximate surface area is 441 Å². The Kier molecular flexibility index (Phi) is 15.1. The molecule has 10 rings (SSSR count). The first-order valence-corrected chi connectivity index (χ1v) is 25.3. The van der Waals surface area contributed by atoms with Crippen LogP contribution in [0.25, 0.3) is 44.5 Å². The molecule has 0 saturated heterocycles. The molecule has 10 aromatic carbocycles. The van der Waals surface area contributed by atoms with Gasteiger partial charge in [-0.1, -0.05) is 127 Å². The quantitative estimate of drug-likeness (QED) is 0.0672. The molecule has 0 radical (unpaired) electrons. The fraction of sp³-hybridized carbons (Fsp3) is 0.0857. The maximum atomic E-state index is 6.54.